The summed E-state index contributed by atoms with van der Waals surface area (Å²) in [5.41, 5.74) is 4.65. The van der Waals surface area contributed by atoms with Crippen molar-refractivity contribution < 1.29 is 4.79 Å². The van der Waals surface area contributed by atoms with Crippen LogP contribution in [0.15, 0.2) is 103 Å². The molecule has 1 heterocycles. The standard InChI is InChI=1S/C25H21N3O/c29-25(27-18-19-8-3-1-4-9-19)22-11-7-10-20(16-22)21-14-15-26-24(17-21)28-23-12-5-2-6-13-23/h1-17H,18H2,(H,26,28)(H,27,29). The van der Waals surface area contributed by atoms with E-state index in [0.717, 1.165) is 28.2 Å². The summed E-state index contributed by atoms with van der Waals surface area (Å²) < 4.78 is 0. The van der Waals surface area contributed by atoms with Crippen molar-refractivity contribution in [1.29, 1.82) is 0 Å². The first-order chi connectivity index (χ1) is 14.3. The number of carbonyl (C=O) groups is 1. The number of hydrogen-bond acceptors (Lipinski definition) is 3. The van der Waals surface area contributed by atoms with Crippen LogP contribution < -0.4 is 10.6 Å². The largest absolute Gasteiger partial charge is 0.348 e. The maximum absolute atomic E-state index is 12.6. The average molecular weight is 379 g/mol. The lowest BCUT2D eigenvalue weighted by molar-refractivity contribution is 0.0951. The molecule has 4 heteroatoms. The van der Waals surface area contributed by atoms with Crippen LogP contribution in [0.4, 0.5) is 11.5 Å². The molecule has 0 radical (unpaired) electrons. The van der Waals surface area contributed by atoms with E-state index in [-0.39, 0.29) is 5.91 Å². The Morgan fingerprint density at radius 1 is 0.759 bits per heavy atom. The van der Waals surface area contributed by atoms with Crippen molar-refractivity contribution in [1.82, 2.24) is 10.3 Å². The van der Waals surface area contributed by atoms with Crippen LogP contribution >= 0.6 is 0 Å². The molecule has 1 aromatic heterocycles. The molecule has 4 aromatic rings. The second kappa shape index (κ2) is 8.85. The van der Waals surface area contributed by atoms with Gasteiger partial charge in [0, 0.05) is 24.0 Å². The molecule has 0 saturated heterocycles. The molecule has 4 rings (SSSR count). The molecule has 0 unspecified atom stereocenters. The third-order valence-corrected chi connectivity index (χ3v) is 4.56. The van der Waals surface area contributed by atoms with Crippen LogP contribution in [-0.2, 0) is 6.54 Å². The minimum Gasteiger partial charge on any atom is -0.348 e. The highest BCUT2D eigenvalue weighted by Gasteiger charge is 2.08. The maximum Gasteiger partial charge on any atom is 0.251 e. The van der Waals surface area contributed by atoms with Crippen LogP contribution in [0, 0.1) is 0 Å². The van der Waals surface area contributed by atoms with Crippen LogP contribution in [0.25, 0.3) is 11.1 Å². The summed E-state index contributed by atoms with van der Waals surface area (Å²) in [6.45, 7) is 0.504. The van der Waals surface area contributed by atoms with Gasteiger partial charge in [0.1, 0.15) is 5.82 Å². The molecule has 0 saturated carbocycles. The van der Waals surface area contributed by atoms with E-state index in [4.69, 9.17) is 0 Å². The fourth-order valence-corrected chi connectivity index (χ4v) is 3.07. The number of benzene rings is 3. The van der Waals surface area contributed by atoms with Gasteiger partial charge in [0.2, 0.25) is 0 Å². The zero-order valence-corrected chi connectivity index (χ0v) is 15.9. The van der Waals surface area contributed by atoms with Gasteiger partial charge in [-0.2, -0.15) is 0 Å². The molecule has 29 heavy (non-hydrogen) atoms. The van der Waals surface area contributed by atoms with Crippen LogP contribution in [0.1, 0.15) is 15.9 Å². The van der Waals surface area contributed by atoms with E-state index in [1.165, 1.54) is 0 Å². The SMILES string of the molecule is O=C(NCc1ccccc1)c1cccc(-c2ccnc(Nc3ccccc3)c2)c1. The number of amides is 1. The van der Waals surface area contributed by atoms with Gasteiger partial charge in [-0.15, -0.1) is 0 Å². The first kappa shape index (κ1) is 18.4. The van der Waals surface area contributed by atoms with Crippen molar-refractivity contribution in [2.75, 3.05) is 5.32 Å². The lowest BCUT2D eigenvalue weighted by atomic mass is 10.0. The molecular weight excluding hydrogens is 358 g/mol. The Morgan fingerprint density at radius 3 is 2.28 bits per heavy atom. The molecule has 0 fully saturated rings. The number of nitrogens with one attached hydrogen (secondary N) is 2. The number of anilines is 2. The van der Waals surface area contributed by atoms with Crippen LogP contribution in [0.5, 0.6) is 0 Å². The number of aromatic nitrogens is 1. The van der Waals surface area contributed by atoms with Crippen molar-refractivity contribution in [3.63, 3.8) is 0 Å². The van der Waals surface area contributed by atoms with Gasteiger partial charge in [-0.05, 0) is 53.1 Å². The third-order valence-electron chi connectivity index (χ3n) is 4.56. The molecule has 0 aliphatic carbocycles. The minimum atomic E-state index is -0.0904. The Balaban J connectivity index is 1.49. The van der Waals surface area contributed by atoms with Crippen molar-refractivity contribution in [2.24, 2.45) is 0 Å². The van der Waals surface area contributed by atoms with Gasteiger partial charge in [0.15, 0.2) is 0 Å². The molecule has 2 N–H and O–H groups in total. The normalized spacial score (nSPS) is 10.3. The molecule has 0 spiro atoms. The fourth-order valence-electron chi connectivity index (χ4n) is 3.07. The van der Waals surface area contributed by atoms with Gasteiger partial charge in [-0.3, -0.25) is 4.79 Å². The number of nitrogens with zero attached hydrogens (tertiary/aromatic N) is 1. The van der Waals surface area contributed by atoms with Gasteiger partial charge < -0.3 is 10.6 Å². The topological polar surface area (TPSA) is 54.0 Å². The summed E-state index contributed by atoms with van der Waals surface area (Å²) in [5.74, 6) is 0.667. The molecule has 4 nitrogen and oxygen atoms in total. The average Bonchev–Trinajstić information content (AvgIpc) is 2.79. The number of para-hydroxylation sites is 1. The highest BCUT2D eigenvalue weighted by Crippen LogP contribution is 2.24. The molecule has 3 aromatic carbocycles. The molecule has 0 bridgehead atoms. The summed E-state index contributed by atoms with van der Waals surface area (Å²) in [5, 5.41) is 6.27. The Hall–Kier alpha value is -3.92. The minimum absolute atomic E-state index is 0.0904. The Kier molecular flexibility index (Phi) is 5.63. The molecule has 0 aliphatic rings. The van der Waals surface area contributed by atoms with Gasteiger partial charge in [0.25, 0.3) is 5.91 Å². The van der Waals surface area contributed by atoms with E-state index in [9.17, 15) is 4.79 Å². The Bertz CT molecular complexity index is 1100. The van der Waals surface area contributed by atoms with Crippen molar-refractivity contribution >= 4 is 17.4 Å². The smallest absolute Gasteiger partial charge is 0.251 e. The predicted molar refractivity (Wildman–Crippen MR) is 117 cm³/mol. The molecule has 1 amide bonds. The Morgan fingerprint density at radius 2 is 1.48 bits per heavy atom. The quantitative estimate of drug-likeness (QED) is 0.470. The van der Waals surface area contributed by atoms with E-state index in [1.807, 2.05) is 97.1 Å². The van der Waals surface area contributed by atoms with E-state index >= 15 is 0 Å². The second-order valence-corrected chi connectivity index (χ2v) is 6.67. The lowest BCUT2D eigenvalue weighted by Gasteiger charge is -2.09. The van der Waals surface area contributed by atoms with Gasteiger partial charge in [-0.25, -0.2) is 4.98 Å². The summed E-state index contributed by atoms with van der Waals surface area (Å²) in [7, 11) is 0. The fraction of sp³-hybridized carbons (Fsp3) is 0.0400. The first-order valence-corrected chi connectivity index (χ1v) is 9.49. The van der Waals surface area contributed by atoms with Gasteiger partial charge in [0.05, 0.1) is 0 Å². The van der Waals surface area contributed by atoms with Crippen molar-refractivity contribution in [2.45, 2.75) is 6.54 Å². The van der Waals surface area contributed by atoms with E-state index in [1.54, 1.807) is 6.20 Å². The second-order valence-electron chi connectivity index (χ2n) is 6.67. The molecule has 142 valence electrons. The van der Waals surface area contributed by atoms with Gasteiger partial charge >= 0.3 is 0 Å². The van der Waals surface area contributed by atoms with E-state index in [2.05, 4.69) is 15.6 Å². The highest BCUT2D eigenvalue weighted by molar-refractivity contribution is 5.95. The summed E-state index contributed by atoms with van der Waals surface area (Å²) >= 11 is 0. The number of hydrogen-bond donors (Lipinski definition) is 2. The zero-order valence-electron chi connectivity index (χ0n) is 15.9. The summed E-state index contributed by atoms with van der Waals surface area (Å²) in [4.78, 5) is 17.0. The predicted octanol–water partition coefficient (Wildman–Crippen LogP) is 5.42. The van der Waals surface area contributed by atoms with Crippen LogP contribution in [-0.4, -0.2) is 10.9 Å². The zero-order chi connectivity index (χ0) is 19.9. The van der Waals surface area contributed by atoms with E-state index in [0.29, 0.717) is 12.1 Å². The van der Waals surface area contributed by atoms with Crippen LogP contribution in [0.3, 0.4) is 0 Å². The number of pyridine rings is 1. The van der Waals surface area contributed by atoms with E-state index < -0.39 is 0 Å². The van der Waals surface area contributed by atoms with Crippen molar-refractivity contribution in [3.8, 4) is 11.1 Å². The van der Waals surface area contributed by atoms with Crippen LogP contribution in [0.2, 0.25) is 0 Å². The highest BCUT2D eigenvalue weighted by atomic mass is 16.1. The molecular formula is C25H21N3O. The first-order valence-electron chi connectivity index (χ1n) is 9.49. The summed E-state index contributed by atoms with van der Waals surface area (Å²) in [6.07, 6.45) is 1.77. The van der Waals surface area contributed by atoms with Gasteiger partial charge in [-0.1, -0.05) is 60.7 Å². The molecule has 0 aliphatic heterocycles. The number of carbonyl (C=O) groups excluding carboxylic acids is 1. The molecule has 0 atom stereocenters. The Labute approximate surface area is 170 Å². The van der Waals surface area contributed by atoms with Crippen molar-refractivity contribution in [3.05, 3.63) is 114 Å². The third kappa shape index (κ3) is 4.87. The number of rotatable bonds is 6. The summed E-state index contributed by atoms with van der Waals surface area (Å²) in [6, 6.07) is 31.3. The monoisotopic (exact) mass is 379 g/mol. The maximum atomic E-state index is 12.6. The lowest BCUT2D eigenvalue weighted by Crippen LogP contribution is -2.22.